The average Bonchev–Trinajstić information content (AvgIpc) is 3.08. The molecule has 136 valence electrons. The first kappa shape index (κ1) is 19.5. The lowest BCUT2D eigenvalue weighted by atomic mass is 10.2. The number of hydrogen-bond donors (Lipinski definition) is 1. The Kier molecular flexibility index (Phi) is 6.61. The predicted octanol–water partition coefficient (Wildman–Crippen LogP) is 3.90. The summed E-state index contributed by atoms with van der Waals surface area (Å²) in [5, 5.41) is 4.24. The zero-order chi connectivity index (χ0) is 18.4. The summed E-state index contributed by atoms with van der Waals surface area (Å²) in [4.78, 5) is 13.4. The minimum absolute atomic E-state index is 0.202. The van der Waals surface area contributed by atoms with E-state index < -0.39 is 15.1 Å². The molecule has 1 amide bonds. The Hall–Kier alpha value is -1.86. The molecule has 1 aromatic carbocycles. The molecule has 1 aromatic heterocycles. The molecule has 0 spiro atoms. The van der Waals surface area contributed by atoms with Gasteiger partial charge in [0.15, 0.2) is 9.84 Å². The van der Waals surface area contributed by atoms with Crippen molar-refractivity contribution < 1.29 is 17.9 Å². The maximum atomic E-state index is 12.7. The Morgan fingerprint density at radius 1 is 1.24 bits per heavy atom. The van der Waals surface area contributed by atoms with Gasteiger partial charge < -0.3 is 10.1 Å². The summed E-state index contributed by atoms with van der Waals surface area (Å²) in [6, 6.07) is 8.36. The number of carbonyl (C=O) groups is 1. The van der Waals surface area contributed by atoms with E-state index in [1.54, 1.807) is 6.07 Å². The third kappa shape index (κ3) is 4.61. The number of nitrogens with one attached hydrogen (secondary N) is 1. The maximum absolute atomic E-state index is 12.7. The molecule has 0 bridgehead atoms. The van der Waals surface area contributed by atoms with Crippen LogP contribution >= 0.6 is 11.3 Å². The monoisotopic (exact) mass is 381 g/mol. The molecule has 1 N–H and O–H groups in total. The van der Waals surface area contributed by atoms with E-state index in [2.05, 4.69) is 5.32 Å². The van der Waals surface area contributed by atoms with Crippen LogP contribution in [-0.4, -0.2) is 26.7 Å². The van der Waals surface area contributed by atoms with Crippen LogP contribution in [-0.2, 0) is 21.1 Å². The molecular weight excluding hydrogens is 358 g/mol. The first-order valence-electron chi connectivity index (χ1n) is 8.16. The molecule has 2 aromatic rings. The first-order valence-corrected chi connectivity index (χ1v) is 10.6. The van der Waals surface area contributed by atoms with Gasteiger partial charge in [0.2, 0.25) is 5.91 Å². The van der Waals surface area contributed by atoms with E-state index in [0.29, 0.717) is 24.3 Å². The standard InChI is InChI=1S/C18H23NO4S2/c1-4-14(5-2)25(21,22)15-8-9-17(23-3)16(12-15)19-18(20)11-13-7-6-10-24-13/h6-10,12,14H,4-5,11H2,1-3H3,(H,19,20). The minimum Gasteiger partial charge on any atom is -0.495 e. The number of ether oxygens (including phenoxy) is 1. The zero-order valence-corrected chi connectivity index (χ0v) is 16.2. The van der Waals surface area contributed by atoms with Gasteiger partial charge in [-0.3, -0.25) is 4.79 Å². The van der Waals surface area contributed by atoms with Crippen LogP contribution in [0.5, 0.6) is 5.75 Å². The van der Waals surface area contributed by atoms with Crippen molar-refractivity contribution in [3.8, 4) is 5.75 Å². The second-order valence-electron chi connectivity index (χ2n) is 5.65. The lowest BCUT2D eigenvalue weighted by Crippen LogP contribution is -2.20. The highest BCUT2D eigenvalue weighted by atomic mass is 32.2. The van der Waals surface area contributed by atoms with E-state index in [0.717, 1.165) is 4.88 Å². The van der Waals surface area contributed by atoms with Gasteiger partial charge in [0.05, 0.1) is 29.4 Å². The number of rotatable bonds is 8. The molecule has 0 saturated carbocycles. The SMILES string of the molecule is CCC(CC)S(=O)(=O)c1ccc(OC)c(NC(=O)Cc2cccs2)c1. The Morgan fingerprint density at radius 3 is 2.52 bits per heavy atom. The van der Waals surface area contributed by atoms with Gasteiger partial charge >= 0.3 is 0 Å². The molecule has 0 aliphatic carbocycles. The molecule has 7 heteroatoms. The Balaban J connectivity index is 2.29. The summed E-state index contributed by atoms with van der Waals surface area (Å²) in [6.07, 6.45) is 1.33. The Labute approximate surface area is 152 Å². The van der Waals surface area contributed by atoms with E-state index >= 15 is 0 Å². The maximum Gasteiger partial charge on any atom is 0.229 e. The second kappa shape index (κ2) is 8.49. The lowest BCUT2D eigenvalue weighted by Gasteiger charge is -2.16. The molecule has 1 heterocycles. The van der Waals surface area contributed by atoms with Crippen molar-refractivity contribution in [2.75, 3.05) is 12.4 Å². The molecule has 5 nitrogen and oxygen atoms in total. The fourth-order valence-electron chi connectivity index (χ4n) is 2.65. The number of anilines is 1. The average molecular weight is 382 g/mol. The van der Waals surface area contributed by atoms with Crippen molar-refractivity contribution in [2.45, 2.75) is 43.3 Å². The van der Waals surface area contributed by atoms with Crippen molar-refractivity contribution in [2.24, 2.45) is 0 Å². The smallest absolute Gasteiger partial charge is 0.229 e. The van der Waals surface area contributed by atoms with Gasteiger partial charge in [-0.05, 0) is 42.5 Å². The summed E-state index contributed by atoms with van der Waals surface area (Å²) in [6.45, 7) is 3.72. The van der Waals surface area contributed by atoms with Crippen LogP contribution in [0.15, 0.2) is 40.6 Å². The molecule has 0 radical (unpaired) electrons. The topological polar surface area (TPSA) is 72.5 Å². The minimum atomic E-state index is -3.44. The number of amides is 1. The van der Waals surface area contributed by atoms with Crippen LogP contribution in [0.1, 0.15) is 31.6 Å². The third-order valence-corrected chi connectivity index (χ3v) is 7.37. The highest BCUT2D eigenvalue weighted by Gasteiger charge is 2.25. The molecule has 2 rings (SSSR count). The summed E-state index contributed by atoms with van der Waals surface area (Å²) >= 11 is 1.50. The molecule has 0 fully saturated rings. The van der Waals surface area contributed by atoms with Crippen LogP contribution in [0.2, 0.25) is 0 Å². The van der Waals surface area contributed by atoms with E-state index in [1.165, 1.54) is 30.6 Å². The number of sulfone groups is 1. The summed E-state index contributed by atoms with van der Waals surface area (Å²) in [7, 11) is -1.95. The van der Waals surface area contributed by atoms with Gasteiger partial charge in [0.1, 0.15) is 5.75 Å². The summed E-state index contributed by atoms with van der Waals surface area (Å²) in [5.41, 5.74) is 0.371. The molecular formula is C18H23NO4S2. The van der Waals surface area contributed by atoms with Gasteiger partial charge in [0, 0.05) is 4.88 Å². The van der Waals surface area contributed by atoms with E-state index in [9.17, 15) is 13.2 Å². The lowest BCUT2D eigenvalue weighted by molar-refractivity contribution is -0.115. The van der Waals surface area contributed by atoms with Gasteiger partial charge in [-0.15, -0.1) is 11.3 Å². The Morgan fingerprint density at radius 2 is 1.96 bits per heavy atom. The molecule has 25 heavy (non-hydrogen) atoms. The first-order chi connectivity index (χ1) is 11.9. The molecule has 0 aliphatic rings. The fourth-order valence-corrected chi connectivity index (χ4v) is 5.15. The predicted molar refractivity (Wildman–Crippen MR) is 101 cm³/mol. The zero-order valence-electron chi connectivity index (χ0n) is 14.6. The highest BCUT2D eigenvalue weighted by molar-refractivity contribution is 7.92. The van der Waals surface area contributed by atoms with Crippen molar-refractivity contribution >= 4 is 32.8 Å². The molecule has 0 unspecified atom stereocenters. The molecule has 0 saturated heterocycles. The number of thiophene rings is 1. The van der Waals surface area contributed by atoms with Crippen LogP contribution < -0.4 is 10.1 Å². The number of carbonyl (C=O) groups excluding carboxylic acids is 1. The van der Waals surface area contributed by atoms with Gasteiger partial charge in [0.25, 0.3) is 0 Å². The fraction of sp³-hybridized carbons (Fsp3) is 0.389. The van der Waals surface area contributed by atoms with Gasteiger partial charge in [-0.25, -0.2) is 8.42 Å². The van der Waals surface area contributed by atoms with E-state index in [-0.39, 0.29) is 17.2 Å². The van der Waals surface area contributed by atoms with E-state index in [4.69, 9.17) is 4.74 Å². The van der Waals surface area contributed by atoms with Gasteiger partial charge in [-0.1, -0.05) is 19.9 Å². The van der Waals surface area contributed by atoms with Crippen LogP contribution in [0.25, 0.3) is 0 Å². The largest absolute Gasteiger partial charge is 0.495 e. The number of methoxy groups -OCH3 is 1. The third-order valence-electron chi connectivity index (χ3n) is 4.04. The van der Waals surface area contributed by atoms with Crippen molar-refractivity contribution in [3.63, 3.8) is 0 Å². The Bertz CT molecular complexity index is 810. The van der Waals surface area contributed by atoms with Crippen molar-refractivity contribution in [3.05, 3.63) is 40.6 Å². The van der Waals surface area contributed by atoms with Crippen LogP contribution in [0, 0.1) is 0 Å². The van der Waals surface area contributed by atoms with Crippen molar-refractivity contribution in [1.29, 1.82) is 0 Å². The normalized spacial score (nSPS) is 11.5. The molecule has 0 atom stereocenters. The quantitative estimate of drug-likeness (QED) is 0.753. The number of benzene rings is 1. The van der Waals surface area contributed by atoms with Crippen LogP contribution in [0.4, 0.5) is 5.69 Å². The van der Waals surface area contributed by atoms with Gasteiger partial charge in [-0.2, -0.15) is 0 Å². The van der Waals surface area contributed by atoms with Crippen molar-refractivity contribution in [1.82, 2.24) is 0 Å². The summed E-state index contributed by atoms with van der Waals surface area (Å²) < 4.78 is 30.7. The van der Waals surface area contributed by atoms with E-state index in [1.807, 2.05) is 31.4 Å². The molecule has 0 aliphatic heterocycles. The number of hydrogen-bond acceptors (Lipinski definition) is 5. The van der Waals surface area contributed by atoms with Crippen LogP contribution in [0.3, 0.4) is 0 Å². The second-order valence-corrected chi connectivity index (χ2v) is 8.91. The highest BCUT2D eigenvalue weighted by Crippen LogP contribution is 2.30. The summed E-state index contributed by atoms with van der Waals surface area (Å²) in [5.74, 6) is 0.223.